The highest BCUT2D eigenvalue weighted by Crippen LogP contribution is 2.45. The first-order chi connectivity index (χ1) is 16.1. The quantitative estimate of drug-likeness (QED) is 0.658. The lowest BCUT2D eigenvalue weighted by molar-refractivity contribution is -0.116. The number of ether oxygens (including phenoxy) is 3. The van der Waals surface area contributed by atoms with Crippen LogP contribution in [0.3, 0.4) is 0 Å². The van der Waals surface area contributed by atoms with Gasteiger partial charge in [-0.2, -0.15) is 10.1 Å². The second kappa shape index (κ2) is 7.65. The highest BCUT2D eigenvalue weighted by Gasteiger charge is 2.40. The van der Waals surface area contributed by atoms with Gasteiger partial charge in [0.2, 0.25) is 5.95 Å². The number of hydrogen-bond donors (Lipinski definition) is 1. The molecule has 0 amide bonds. The summed E-state index contributed by atoms with van der Waals surface area (Å²) >= 11 is 0. The van der Waals surface area contributed by atoms with Gasteiger partial charge in [-0.05, 0) is 54.7 Å². The van der Waals surface area contributed by atoms with E-state index in [1.807, 2.05) is 54.1 Å². The zero-order valence-electron chi connectivity index (χ0n) is 18.5. The molecule has 2 unspecified atom stereocenters. The number of hydrogen-bond acceptors (Lipinski definition) is 7. The topological polar surface area (TPSA) is 87.5 Å². The van der Waals surface area contributed by atoms with Crippen LogP contribution in [0.5, 0.6) is 17.2 Å². The van der Waals surface area contributed by atoms with Crippen LogP contribution in [0.4, 0.5) is 5.95 Å². The molecule has 0 fully saturated rings. The van der Waals surface area contributed by atoms with E-state index in [1.165, 1.54) is 0 Å². The average molecular weight is 444 g/mol. The fraction of sp³-hybridized carbons (Fsp3) is 0.320. The standard InChI is InChI=1S/C25H24N4O4/c1-14-26-25-27-19-11-17(15-3-6-18(31-2)7-4-15)12-20(30)23(19)24(29(25)28-14)16-5-8-21-22(13-16)33-10-9-32-21/h3-8,13,17,24H,9-12H2,1-2H3,(H,26,27,28). The molecule has 3 aliphatic rings. The van der Waals surface area contributed by atoms with E-state index in [0.717, 1.165) is 40.3 Å². The minimum absolute atomic E-state index is 0.0890. The summed E-state index contributed by atoms with van der Waals surface area (Å²) in [5, 5.41) is 8.02. The fourth-order valence-electron chi connectivity index (χ4n) is 4.97. The molecule has 8 nitrogen and oxygen atoms in total. The molecule has 168 valence electrons. The molecule has 2 aliphatic heterocycles. The van der Waals surface area contributed by atoms with E-state index in [2.05, 4.69) is 15.4 Å². The number of aryl methyl sites for hydroxylation is 1. The van der Waals surface area contributed by atoms with Gasteiger partial charge in [0.05, 0.1) is 7.11 Å². The van der Waals surface area contributed by atoms with Crippen LogP contribution >= 0.6 is 0 Å². The zero-order chi connectivity index (χ0) is 22.5. The summed E-state index contributed by atoms with van der Waals surface area (Å²) in [4.78, 5) is 18.2. The molecular weight excluding hydrogens is 420 g/mol. The number of nitrogens with zero attached hydrogens (tertiary/aromatic N) is 3. The Morgan fingerprint density at radius 3 is 2.58 bits per heavy atom. The van der Waals surface area contributed by atoms with E-state index in [0.29, 0.717) is 37.2 Å². The van der Waals surface area contributed by atoms with Crippen molar-refractivity contribution in [2.45, 2.75) is 31.7 Å². The maximum absolute atomic E-state index is 13.6. The van der Waals surface area contributed by atoms with Gasteiger partial charge in [0, 0.05) is 17.7 Å². The number of carbonyl (C=O) groups is 1. The molecule has 0 spiro atoms. The van der Waals surface area contributed by atoms with Gasteiger partial charge in [0.25, 0.3) is 0 Å². The Labute approximate surface area is 191 Å². The van der Waals surface area contributed by atoms with Gasteiger partial charge in [-0.15, -0.1) is 0 Å². The average Bonchev–Trinajstić information content (AvgIpc) is 3.22. The molecule has 1 aromatic heterocycles. The van der Waals surface area contributed by atoms with Gasteiger partial charge in [0.1, 0.15) is 30.8 Å². The van der Waals surface area contributed by atoms with Crippen LogP contribution in [0.25, 0.3) is 0 Å². The highest BCUT2D eigenvalue weighted by molar-refractivity contribution is 6.00. The molecule has 0 bridgehead atoms. The minimum Gasteiger partial charge on any atom is -0.497 e. The van der Waals surface area contributed by atoms with E-state index in [4.69, 9.17) is 14.2 Å². The van der Waals surface area contributed by atoms with Crippen LogP contribution in [0, 0.1) is 6.92 Å². The summed E-state index contributed by atoms with van der Waals surface area (Å²) in [5.41, 5.74) is 3.70. The van der Waals surface area contributed by atoms with Crippen molar-refractivity contribution in [2.24, 2.45) is 0 Å². The molecule has 8 heteroatoms. The molecule has 3 heterocycles. The highest BCUT2D eigenvalue weighted by atomic mass is 16.6. The molecular formula is C25H24N4O4. The van der Waals surface area contributed by atoms with E-state index >= 15 is 0 Å². The first-order valence-corrected chi connectivity index (χ1v) is 11.1. The summed E-state index contributed by atoms with van der Waals surface area (Å²) in [6.07, 6.45) is 1.16. The fourth-order valence-corrected chi connectivity index (χ4v) is 4.97. The molecule has 1 aliphatic carbocycles. The van der Waals surface area contributed by atoms with Crippen molar-refractivity contribution >= 4 is 11.7 Å². The van der Waals surface area contributed by atoms with Crippen LogP contribution in [-0.2, 0) is 4.79 Å². The predicted octanol–water partition coefficient (Wildman–Crippen LogP) is 3.78. The van der Waals surface area contributed by atoms with Crippen molar-refractivity contribution in [1.29, 1.82) is 0 Å². The van der Waals surface area contributed by atoms with Crippen LogP contribution in [0.2, 0.25) is 0 Å². The number of allylic oxidation sites excluding steroid dienone is 2. The first-order valence-electron chi connectivity index (χ1n) is 11.1. The Morgan fingerprint density at radius 1 is 1.03 bits per heavy atom. The molecule has 2 atom stereocenters. The van der Waals surface area contributed by atoms with Gasteiger partial charge in [-0.1, -0.05) is 18.2 Å². The van der Waals surface area contributed by atoms with Crippen molar-refractivity contribution in [3.63, 3.8) is 0 Å². The van der Waals surface area contributed by atoms with Crippen LogP contribution in [0.1, 0.15) is 41.8 Å². The Morgan fingerprint density at radius 2 is 1.79 bits per heavy atom. The van der Waals surface area contributed by atoms with Gasteiger partial charge in [-0.25, -0.2) is 4.68 Å². The lowest BCUT2D eigenvalue weighted by Gasteiger charge is -2.35. The smallest absolute Gasteiger partial charge is 0.226 e. The molecule has 0 radical (unpaired) electrons. The number of methoxy groups -OCH3 is 1. The van der Waals surface area contributed by atoms with Crippen molar-refractivity contribution < 1.29 is 19.0 Å². The molecule has 0 saturated carbocycles. The summed E-state index contributed by atoms with van der Waals surface area (Å²) < 4.78 is 18.6. The lowest BCUT2D eigenvalue weighted by Crippen LogP contribution is -2.33. The summed E-state index contributed by atoms with van der Waals surface area (Å²) in [6.45, 7) is 2.90. The monoisotopic (exact) mass is 444 g/mol. The normalized spacial score (nSPS) is 21.2. The van der Waals surface area contributed by atoms with Crippen LogP contribution in [-0.4, -0.2) is 40.9 Å². The third-order valence-corrected chi connectivity index (χ3v) is 6.49. The third-order valence-electron chi connectivity index (χ3n) is 6.49. The third kappa shape index (κ3) is 3.33. The SMILES string of the molecule is COc1ccc(C2CC(=O)C3=C(C2)Nc2nc(C)nn2C3c2ccc3c(c2)OCCO3)cc1. The van der Waals surface area contributed by atoms with E-state index in [9.17, 15) is 4.79 Å². The largest absolute Gasteiger partial charge is 0.497 e. The summed E-state index contributed by atoms with van der Waals surface area (Å²) in [7, 11) is 1.65. The predicted molar refractivity (Wildman–Crippen MR) is 121 cm³/mol. The number of benzene rings is 2. The number of aromatic nitrogens is 3. The number of nitrogens with one attached hydrogen (secondary N) is 1. The van der Waals surface area contributed by atoms with Crippen LogP contribution in [0.15, 0.2) is 53.7 Å². The van der Waals surface area contributed by atoms with Gasteiger partial charge in [0.15, 0.2) is 17.3 Å². The van der Waals surface area contributed by atoms with Gasteiger partial charge >= 0.3 is 0 Å². The van der Waals surface area contributed by atoms with Crippen molar-refractivity contribution in [1.82, 2.24) is 14.8 Å². The van der Waals surface area contributed by atoms with E-state index in [-0.39, 0.29) is 17.7 Å². The van der Waals surface area contributed by atoms with Crippen molar-refractivity contribution in [2.75, 3.05) is 25.6 Å². The maximum atomic E-state index is 13.6. The molecule has 3 aromatic rings. The minimum atomic E-state index is -0.363. The van der Waals surface area contributed by atoms with Crippen LogP contribution < -0.4 is 19.5 Å². The number of anilines is 1. The van der Waals surface area contributed by atoms with Gasteiger partial charge < -0.3 is 19.5 Å². The Kier molecular flexibility index (Phi) is 4.60. The van der Waals surface area contributed by atoms with Crippen molar-refractivity contribution in [3.8, 4) is 17.2 Å². The summed E-state index contributed by atoms with van der Waals surface area (Å²) in [5.74, 6) is 3.72. The number of rotatable bonds is 3. The number of carbonyl (C=O) groups excluding carboxylic acids is 1. The zero-order valence-corrected chi connectivity index (χ0v) is 18.5. The second-order valence-electron chi connectivity index (χ2n) is 8.55. The second-order valence-corrected chi connectivity index (χ2v) is 8.55. The Balaban J connectivity index is 1.42. The Bertz CT molecular complexity index is 1280. The Hall–Kier alpha value is -3.81. The van der Waals surface area contributed by atoms with Crippen molar-refractivity contribution in [3.05, 3.63) is 70.7 Å². The maximum Gasteiger partial charge on any atom is 0.226 e. The first kappa shape index (κ1) is 19.8. The lowest BCUT2D eigenvalue weighted by atomic mass is 9.78. The molecule has 33 heavy (non-hydrogen) atoms. The van der Waals surface area contributed by atoms with Gasteiger partial charge in [-0.3, -0.25) is 4.79 Å². The number of fused-ring (bicyclic) bond motifs is 2. The van der Waals surface area contributed by atoms with E-state index in [1.54, 1.807) is 7.11 Å². The molecule has 0 saturated heterocycles. The number of ketones is 1. The molecule has 6 rings (SSSR count). The molecule has 2 aromatic carbocycles. The number of Topliss-reactive ketones (excluding diaryl/α,β-unsaturated/α-hetero) is 1. The van der Waals surface area contributed by atoms with E-state index < -0.39 is 0 Å². The summed E-state index contributed by atoms with van der Waals surface area (Å²) in [6, 6.07) is 13.4. The molecule has 1 N–H and O–H groups in total.